The highest BCUT2D eigenvalue weighted by Gasteiger charge is 2.39. The Morgan fingerprint density at radius 3 is 2.89 bits per heavy atom. The molecule has 2 aromatic rings. The first-order valence-corrected chi connectivity index (χ1v) is 12.0. The number of hydrogen-bond donors (Lipinski definition) is 0. The Morgan fingerprint density at radius 2 is 2.23 bits per heavy atom. The third-order valence-electron chi connectivity index (χ3n) is 6.05. The van der Waals surface area contributed by atoms with E-state index in [1.807, 2.05) is 6.08 Å². The largest absolute Gasteiger partial charge is 0.472 e. The monoisotopic (exact) mass is 504 g/mol. The van der Waals surface area contributed by atoms with Gasteiger partial charge < -0.3 is 23.8 Å². The predicted molar refractivity (Wildman–Crippen MR) is 123 cm³/mol. The maximum atomic E-state index is 15.1. The maximum absolute atomic E-state index is 15.1. The lowest BCUT2D eigenvalue weighted by Gasteiger charge is -2.29. The molecule has 12 heteroatoms. The Balaban J connectivity index is 1.20. The van der Waals surface area contributed by atoms with E-state index >= 15 is 4.39 Å². The van der Waals surface area contributed by atoms with E-state index in [2.05, 4.69) is 8.75 Å². The van der Waals surface area contributed by atoms with Crippen LogP contribution in [0.1, 0.15) is 25.8 Å². The fraction of sp³-hybridized carbons (Fsp3) is 0.478. The normalized spacial score (nSPS) is 23.9. The first-order valence-electron chi connectivity index (χ1n) is 11.3. The van der Waals surface area contributed by atoms with Gasteiger partial charge in [-0.05, 0) is 44.0 Å². The molecule has 0 radical (unpaired) electrons. The molecule has 0 spiro atoms. The Hall–Kier alpha value is -3.09. The molecule has 0 bridgehead atoms. The van der Waals surface area contributed by atoms with Gasteiger partial charge >= 0.3 is 6.09 Å². The van der Waals surface area contributed by atoms with Crippen LogP contribution < -0.4 is 9.64 Å². The van der Waals surface area contributed by atoms with Gasteiger partial charge in [-0.3, -0.25) is 9.69 Å². The number of nitrogens with zero attached hydrogens (tertiary/aromatic N) is 4. The average molecular weight is 505 g/mol. The third kappa shape index (κ3) is 5.14. The molecule has 0 N–H and O–H groups in total. The van der Waals surface area contributed by atoms with Crippen LogP contribution in [0.3, 0.4) is 0 Å². The summed E-state index contributed by atoms with van der Waals surface area (Å²) in [6.45, 7) is 4.96. The lowest BCUT2D eigenvalue weighted by molar-refractivity contribution is -0.159. The fourth-order valence-electron chi connectivity index (χ4n) is 4.28. The number of anilines is 1. The van der Waals surface area contributed by atoms with Crippen molar-refractivity contribution in [3.8, 4) is 5.88 Å². The lowest BCUT2D eigenvalue weighted by atomic mass is 9.98. The van der Waals surface area contributed by atoms with Gasteiger partial charge in [0.1, 0.15) is 18.6 Å². The van der Waals surface area contributed by atoms with E-state index in [4.69, 9.17) is 18.9 Å². The molecule has 35 heavy (non-hydrogen) atoms. The average Bonchev–Trinajstić information content (AvgIpc) is 3.57. The molecule has 5 rings (SSSR count). The minimum atomic E-state index is -0.768. The van der Waals surface area contributed by atoms with E-state index in [1.54, 1.807) is 30.9 Å². The van der Waals surface area contributed by atoms with Crippen LogP contribution in [-0.4, -0.2) is 76.5 Å². The van der Waals surface area contributed by atoms with E-state index in [0.717, 1.165) is 17.3 Å². The smallest absolute Gasteiger partial charge is 0.414 e. The van der Waals surface area contributed by atoms with Crippen LogP contribution >= 0.6 is 11.7 Å². The van der Waals surface area contributed by atoms with Gasteiger partial charge in [0, 0.05) is 18.7 Å². The molecule has 2 fully saturated rings. The molecule has 2 atom stereocenters. The number of amides is 2. The van der Waals surface area contributed by atoms with Gasteiger partial charge in [0.05, 0.1) is 30.6 Å². The first-order chi connectivity index (χ1) is 16.8. The molecule has 2 saturated heterocycles. The van der Waals surface area contributed by atoms with Crippen molar-refractivity contribution in [1.29, 1.82) is 0 Å². The van der Waals surface area contributed by atoms with Crippen molar-refractivity contribution in [1.82, 2.24) is 13.6 Å². The van der Waals surface area contributed by atoms with Crippen molar-refractivity contribution in [3.05, 3.63) is 41.9 Å². The van der Waals surface area contributed by atoms with Crippen molar-refractivity contribution in [2.45, 2.75) is 38.3 Å². The molecule has 3 aliphatic heterocycles. The zero-order valence-electron chi connectivity index (χ0n) is 19.3. The quantitative estimate of drug-likeness (QED) is 0.592. The number of carbonyl (C=O) groups excluding carboxylic acids is 2. The highest BCUT2D eigenvalue weighted by molar-refractivity contribution is 6.99. The second-order valence-corrected chi connectivity index (χ2v) is 9.47. The number of cyclic esters (lactones) is 1. The fourth-order valence-corrected chi connectivity index (χ4v) is 4.64. The standard InChI is InChI=1S/C23H25FN4O6S/c1-23(2)32-13-19(34-23)21(29)27-7-5-14(6-8-27)17-4-3-15(9-18(17)24)28-11-16(33-22(28)30)12-31-20-10-25-35-26-20/h3-5,9-10,16,19H,6-8,11-13H2,1-2H3/t16-,19-/m1/s1. The summed E-state index contributed by atoms with van der Waals surface area (Å²) in [5, 5.41) is 0. The van der Waals surface area contributed by atoms with Crippen molar-refractivity contribution in [2.75, 3.05) is 37.7 Å². The summed E-state index contributed by atoms with van der Waals surface area (Å²) in [7, 11) is 0. The molecule has 0 aliphatic carbocycles. The number of aromatic nitrogens is 2. The van der Waals surface area contributed by atoms with Crippen molar-refractivity contribution >= 4 is 35.0 Å². The summed E-state index contributed by atoms with van der Waals surface area (Å²) in [5.74, 6) is -0.966. The molecule has 1 aromatic heterocycles. The second kappa shape index (κ2) is 9.51. The van der Waals surface area contributed by atoms with Crippen LogP contribution in [0.25, 0.3) is 5.57 Å². The molecule has 1 aromatic carbocycles. The zero-order chi connectivity index (χ0) is 24.6. The Labute approximate surface area is 205 Å². The molecule has 0 unspecified atom stereocenters. The second-order valence-electron chi connectivity index (χ2n) is 8.92. The van der Waals surface area contributed by atoms with E-state index in [1.165, 1.54) is 17.2 Å². The number of halogens is 1. The summed E-state index contributed by atoms with van der Waals surface area (Å²) in [6.07, 6.45) is 2.16. The molecule has 2 amide bonds. The zero-order valence-corrected chi connectivity index (χ0v) is 20.1. The van der Waals surface area contributed by atoms with Crippen LogP contribution in [-0.2, 0) is 19.0 Å². The van der Waals surface area contributed by atoms with Gasteiger partial charge in [0.15, 0.2) is 18.0 Å². The molecule has 186 valence electrons. The number of carbonyl (C=O) groups is 2. The lowest BCUT2D eigenvalue weighted by Crippen LogP contribution is -2.43. The molecule has 10 nitrogen and oxygen atoms in total. The van der Waals surface area contributed by atoms with Crippen LogP contribution in [0, 0.1) is 5.82 Å². The topological polar surface area (TPSA) is 103 Å². The minimum Gasteiger partial charge on any atom is -0.472 e. The Bertz CT molecular complexity index is 1140. The number of ether oxygens (including phenoxy) is 4. The van der Waals surface area contributed by atoms with Gasteiger partial charge in [-0.15, -0.1) is 4.37 Å². The van der Waals surface area contributed by atoms with Gasteiger partial charge in [0.2, 0.25) is 5.88 Å². The maximum Gasteiger partial charge on any atom is 0.414 e. The van der Waals surface area contributed by atoms with Gasteiger partial charge in [0.25, 0.3) is 5.91 Å². The molecule has 0 saturated carbocycles. The third-order valence-corrected chi connectivity index (χ3v) is 6.51. The summed E-state index contributed by atoms with van der Waals surface area (Å²) >= 11 is 1.02. The summed E-state index contributed by atoms with van der Waals surface area (Å²) in [5.41, 5.74) is 1.67. The van der Waals surface area contributed by atoms with E-state index in [9.17, 15) is 9.59 Å². The number of rotatable bonds is 6. The van der Waals surface area contributed by atoms with Crippen LogP contribution in [0.15, 0.2) is 30.5 Å². The molecular weight excluding hydrogens is 479 g/mol. The van der Waals surface area contributed by atoms with Crippen LogP contribution in [0.2, 0.25) is 0 Å². The minimum absolute atomic E-state index is 0.126. The summed E-state index contributed by atoms with van der Waals surface area (Å²) < 4.78 is 44.8. The SMILES string of the molecule is CC1(C)OC[C@H](C(=O)N2CC=C(c3ccc(N4C[C@H](COc5cnsn5)OC4=O)cc3F)CC2)O1. The number of benzene rings is 1. The van der Waals surface area contributed by atoms with E-state index in [0.29, 0.717) is 36.6 Å². The van der Waals surface area contributed by atoms with Gasteiger partial charge in [-0.1, -0.05) is 6.08 Å². The van der Waals surface area contributed by atoms with Gasteiger partial charge in [-0.2, -0.15) is 4.37 Å². The number of hydrogen-bond acceptors (Lipinski definition) is 9. The summed E-state index contributed by atoms with van der Waals surface area (Å²) in [4.78, 5) is 28.1. The van der Waals surface area contributed by atoms with Crippen molar-refractivity contribution < 1.29 is 32.9 Å². The Kier molecular flexibility index (Phi) is 6.43. The molecule has 4 heterocycles. The van der Waals surface area contributed by atoms with E-state index in [-0.39, 0.29) is 25.7 Å². The first kappa shape index (κ1) is 23.6. The highest BCUT2D eigenvalue weighted by atomic mass is 32.1. The van der Waals surface area contributed by atoms with Gasteiger partial charge in [-0.25, -0.2) is 9.18 Å². The van der Waals surface area contributed by atoms with Crippen LogP contribution in [0.5, 0.6) is 5.88 Å². The summed E-state index contributed by atoms with van der Waals surface area (Å²) in [6, 6.07) is 4.67. The van der Waals surface area contributed by atoms with Crippen molar-refractivity contribution in [3.63, 3.8) is 0 Å². The van der Waals surface area contributed by atoms with Crippen molar-refractivity contribution in [2.24, 2.45) is 0 Å². The van der Waals surface area contributed by atoms with Crippen LogP contribution in [0.4, 0.5) is 14.9 Å². The Morgan fingerprint density at radius 1 is 1.37 bits per heavy atom. The van der Waals surface area contributed by atoms with E-state index < -0.39 is 29.9 Å². The highest BCUT2D eigenvalue weighted by Crippen LogP contribution is 2.31. The predicted octanol–water partition coefficient (Wildman–Crippen LogP) is 2.85. The molecule has 3 aliphatic rings. The molecular formula is C23H25FN4O6S.